The predicted molar refractivity (Wildman–Crippen MR) is 42.4 cm³/mol. The van der Waals surface area contributed by atoms with Gasteiger partial charge < -0.3 is 15.8 Å². The molecule has 0 fully saturated rings. The summed E-state index contributed by atoms with van der Waals surface area (Å²) in [5, 5.41) is 2.82. The number of ether oxygens (including phenoxy) is 1. The highest BCUT2D eigenvalue weighted by atomic mass is 16.5. The highest BCUT2D eigenvalue weighted by Gasteiger charge is 1.93. The van der Waals surface area contributed by atoms with E-state index in [1.165, 1.54) is 0 Å². The molecular formula is C7H16N2O. The lowest BCUT2D eigenvalue weighted by atomic mass is 10.4. The molecule has 0 rings (SSSR count). The maximum absolute atomic E-state index is 5.51. The normalized spacial score (nSPS) is 12.2. The third kappa shape index (κ3) is 5.44. The summed E-state index contributed by atoms with van der Waals surface area (Å²) in [6, 6.07) is 0. The van der Waals surface area contributed by atoms with E-state index in [0.717, 1.165) is 5.70 Å². The zero-order valence-electron chi connectivity index (χ0n) is 6.85. The lowest BCUT2D eigenvalue weighted by Crippen LogP contribution is -2.13. The molecule has 0 spiro atoms. The van der Waals surface area contributed by atoms with Crippen LogP contribution in [0.25, 0.3) is 0 Å². The average Bonchev–Trinajstić information content (AvgIpc) is 1.85. The van der Waals surface area contributed by atoms with E-state index in [0.29, 0.717) is 6.61 Å². The zero-order valence-corrected chi connectivity index (χ0v) is 6.85. The van der Waals surface area contributed by atoms with Crippen molar-refractivity contribution in [3.8, 4) is 0 Å². The van der Waals surface area contributed by atoms with Crippen LogP contribution < -0.4 is 11.1 Å². The molecule has 10 heavy (non-hydrogen) atoms. The predicted octanol–water partition coefficient (Wildman–Crippen LogP) is 0.431. The van der Waals surface area contributed by atoms with Gasteiger partial charge in [-0.15, -0.1) is 0 Å². The molecule has 0 aliphatic heterocycles. The quantitative estimate of drug-likeness (QED) is 0.601. The minimum absolute atomic E-state index is 0.240. The van der Waals surface area contributed by atoms with Gasteiger partial charge in [0.25, 0.3) is 0 Å². The molecule has 3 N–H and O–H groups in total. The summed E-state index contributed by atoms with van der Waals surface area (Å²) >= 11 is 0. The molecule has 0 aliphatic rings. The second-order valence-corrected chi connectivity index (χ2v) is 2.37. The Morgan fingerprint density at radius 2 is 2.30 bits per heavy atom. The van der Waals surface area contributed by atoms with E-state index in [1.54, 1.807) is 6.20 Å². The zero-order chi connectivity index (χ0) is 7.98. The average molecular weight is 144 g/mol. The fraction of sp³-hybridized carbons (Fsp3) is 0.714. The van der Waals surface area contributed by atoms with E-state index >= 15 is 0 Å². The van der Waals surface area contributed by atoms with Gasteiger partial charge in [-0.2, -0.15) is 0 Å². The molecule has 60 valence electrons. The van der Waals surface area contributed by atoms with E-state index in [4.69, 9.17) is 10.5 Å². The second kappa shape index (κ2) is 5.11. The second-order valence-electron chi connectivity index (χ2n) is 2.37. The van der Waals surface area contributed by atoms with E-state index in [2.05, 4.69) is 5.32 Å². The Morgan fingerprint density at radius 3 is 2.70 bits per heavy atom. The van der Waals surface area contributed by atoms with Crippen molar-refractivity contribution in [3.05, 3.63) is 11.9 Å². The van der Waals surface area contributed by atoms with Gasteiger partial charge in [-0.1, -0.05) is 0 Å². The first-order valence-corrected chi connectivity index (χ1v) is 3.40. The Balaban J connectivity index is 3.39. The van der Waals surface area contributed by atoms with E-state index < -0.39 is 0 Å². The van der Waals surface area contributed by atoms with Crippen LogP contribution in [0.3, 0.4) is 0 Å². The summed E-state index contributed by atoms with van der Waals surface area (Å²) in [6.45, 7) is 4.46. The minimum Gasteiger partial charge on any atom is -0.399 e. The number of nitrogens with one attached hydrogen (secondary N) is 1. The molecule has 0 aromatic heterocycles. The standard InChI is InChI=1S/C7H16N2O/c1-6(2)10-5-7(8)4-9-3/h4,6,9H,5,8H2,1-3H3/b7-4-. The maximum atomic E-state index is 5.51. The van der Waals surface area contributed by atoms with Crippen LogP contribution >= 0.6 is 0 Å². The maximum Gasteiger partial charge on any atom is 0.0878 e. The van der Waals surface area contributed by atoms with Gasteiger partial charge in [-0.05, 0) is 13.8 Å². The van der Waals surface area contributed by atoms with Crippen molar-refractivity contribution >= 4 is 0 Å². The summed E-state index contributed by atoms with van der Waals surface area (Å²) in [5.41, 5.74) is 6.22. The van der Waals surface area contributed by atoms with Gasteiger partial charge in [0.15, 0.2) is 0 Å². The smallest absolute Gasteiger partial charge is 0.0878 e. The Bertz CT molecular complexity index is 110. The summed E-state index contributed by atoms with van der Waals surface area (Å²) < 4.78 is 5.22. The summed E-state index contributed by atoms with van der Waals surface area (Å²) in [4.78, 5) is 0. The van der Waals surface area contributed by atoms with Gasteiger partial charge in [0.05, 0.1) is 18.4 Å². The van der Waals surface area contributed by atoms with Crippen molar-refractivity contribution in [2.24, 2.45) is 5.73 Å². The number of hydrogen-bond acceptors (Lipinski definition) is 3. The van der Waals surface area contributed by atoms with Crippen LogP contribution in [0, 0.1) is 0 Å². The van der Waals surface area contributed by atoms with Crippen LogP contribution in [0.15, 0.2) is 11.9 Å². The van der Waals surface area contributed by atoms with Crippen molar-refractivity contribution in [2.75, 3.05) is 13.7 Å². The first-order chi connectivity index (χ1) is 4.66. The largest absolute Gasteiger partial charge is 0.399 e. The van der Waals surface area contributed by atoms with Gasteiger partial charge in [-0.3, -0.25) is 0 Å². The molecule has 0 amide bonds. The first-order valence-electron chi connectivity index (χ1n) is 3.40. The molecule has 0 bridgehead atoms. The van der Waals surface area contributed by atoms with Gasteiger partial charge in [0, 0.05) is 13.2 Å². The van der Waals surface area contributed by atoms with Crippen molar-refractivity contribution in [3.63, 3.8) is 0 Å². The van der Waals surface area contributed by atoms with Crippen molar-refractivity contribution in [2.45, 2.75) is 20.0 Å². The molecule has 0 aliphatic carbocycles. The van der Waals surface area contributed by atoms with E-state index in [-0.39, 0.29) is 6.10 Å². The highest BCUT2D eigenvalue weighted by Crippen LogP contribution is 1.90. The van der Waals surface area contributed by atoms with Gasteiger partial charge in [0.1, 0.15) is 0 Å². The lowest BCUT2D eigenvalue weighted by Gasteiger charge is -2.06. The van der Waals surface area contributed by atoms with Crippen LogP contribution in [-0.4, -0.2) is 19.8 Å². The molecule has 0 aromatic rings. The van der Waals surface area contributed by atoms with Crippen LogP contribution in [0.1, 0.15) is 13.8 Å². The topological polar surface area (TPSA) is 47.3 Å². The van der Waals surface area contributed by atoms with Crippen molar-refractivity contribution in [1.82, 2.24) is 5.32 Å². The molecule has 0 atom stereocenters. The van der Waals surface area contributed by atoms with Crippen LogP contribution in [0.5, 0.6) is 0 Å². The van der Waals surface area contributed by atoms with Gasteiger partial charge in [-0.25, -0.2) is 0 Å². The lowest BCUT2D eigenvalue weighted by molar-refractivity contribution is 0.0964. The molecule has 3 nitrogen and oxygen atoms in total. The molecule has 0 aromatic carbocycles. The van der Waals surface area contributed by atoms with Gasteiger partial charge in [0.2, 0.25) is 0 Å². The molecule has 0 saturated carbocycles. The van der Waals surface area contributed by atoms with Crippen molar-refractivity contribution < 1.29 is 4.74 Å². The van der Waals surface area contributed by atoms with Crippen LogP contribution in [-0.2, 0) is 4.74 Å². The molecular weight excluding hydrogens is 128 g/mol. The SMILES string of the molecule is CN/C=C(\N)COC(C)C. The Hall–Kier alpha value is -0.700. The Labute approximate surface area is 62.2 Å². The highest BCUT2D eigenvalue weighted by molar-refractivity contribution is 4.94. The molecule has 0 heterocycles. The molecule has 0 unspecified atom stereocenters. The monoisotopic (exact) mass is 144 g/mol. The summed E-state index contributed by atoms with van der Waals surface area (Å²) in [7, 11) is 1.81. The first kappa shape index (κ1) is 9.30. The van der Waals surface area contributed by atoms with Crippen LogP contribution in [0.2, 0.25) is 0 Å². The number of rotatable bonds is 4. The summed E-state index contributed by atoms with van der Waals surface area (Å²) in [5.74, 6) is 0. The van der Waals surface area contributed by atoms with Crippen LogP contribution in [0.4, 0.5) is 0 Å². The molecule has 0 saturated heterocycles. The van der Waals surface area contributed by atoms with Gasteiger partial charge >= 0.3 is 0 Å². The summed E-state index contributed by atoms with van der Waals surface area (Å²) in [6.07, 6.45) is 1.96. The fourth-order valence-electron chi connectivity index (χ4n) is 0.490. The Morgan fingerprint density at radius 1 is 1.70 bits per heavy atom. The van der Waals surface area contributed by atoms with E-state index in [9.17, 15) is 0 Å². The van der Waals surface area contributed by atoms with E-state index in [1.807, 2.05) is 20.9 Å². The molecule has 3 heteroatoms. The number of nitrogens with two attached hydrogens (primary N) is 1. The Kier molecular flexibility index (Phi) is 4.76. The van der Waals surface area contributed by atoms with Crippen molar-refractivity contribution in [1.29, 1.82) is 0 Å². The third-order valence-corrected chi connectivity index (χ3v) is 0.913. The number of hydrogen-bond donors (Lipinski definition) is 2. The molecule has 0 radical (unpaired) electrons. The minimum atomic E-state index is 0.240. The fourth-order valence-corrected chi connectivity index (χ4v) is 0.490. The third-order valence-electron chi connectivity index (χ3n) is 0.913.